The van der Waals surface area contributed by atoms with Crippen molar-refractivity contribution in [2.45, 2.75) is 45.3 Å². The Morgan fingerprint density at radius 2 is 1.94 bits per heavy atom. The Labute approximate surface area is 103 Å². The summed E-state index contributed by atoms with van der Waals surface area (Å²) in [5, 5.41) is 10.5. The molecule has 1 aliphatic rings. The Morgan fingerprint density at radius 3 is 2.33 bits per heavy atom. The average Bonchev–Trinajstić information content (AvgIpc) is 2.19. The molecule has 0 spiro atoms. The van der Waals surface area contributed by atoms with Crippen molar-refractivity contribution in [2.75, 3.05) is 0 Å². The second kappa shape index (κ2) is 4.78. The van der Waals surface area contributed by atoms with Gasteiger partial charge in [-0.05, 0) is 24.2 Å². The predicted molar refractivity (Wildman–Crippen MR) is 56.7 cm³/mol. The first-order chi connectivity index (χ1) is 8.05. The van der Waals surface area contributed by atoms with Gasteiger partial charge in [0.15, 0.2) is 0 Å². The van der Waals surface area contributed by atoms with Gasteiger partial charge in [-0.3, -0.25) is 9.59 Å². The van der Waals surface area contributed by atoms with E-state index in [0.29, 0.717) is 12.8 Å². The van der Waals surface area contributed by atoms with Crippen molar-refractivity contribution < 1.29 is 27.9 Å². The number of aliphatic carboxylic acids is 1. The van der Waals surface area contributed by atoms with Crippen LogP contribution in [0.1, 0.15) is 33.1 Å². The number of amides is 1. The van der Waals surface area contributed by atoms with Crippen LogP contribution in [0, 0.1) is 11.3 Å². The predicted octanol–water partition coefficient (Wildman–Crippen LogP) is 1.94. The van der Waals surface area contributed by atoms with E-state index in [0.717, 1.165) is 0 Å². The molecule has 18 heavy (non-hydrogen) atoms. The van der Waals surface area contributed by atoms with Crippen LogP contribution in [0.3, 0.4) is 0 Å². The molecule has 0 aromatic heterocycles. The van der Waals surface area contributed by atoms with E-state index >= 15 is 0 Å². The van der Waals surface area contributed by atoms with E-state index in [4.69, 9.17) is 5.11 Å². The Kier molecular flexibility index (Phi) is 3.92. The van der Waals surface area contributed by atoms with Crippen molar-refractivity contribution in [1.29, 1.82) is 0 Å². The average molecular weight is 267 g/mol. The number of halogens is 3. The zero-order valence-electron chi connectivity index (χ0n) is 10.2. The Balaban J connectivity index is 2.49. The third kappa shape index (κ3) is 3.14. The van der Waals surface area contributed by atoms with Crippen LogP contribution in [0.2, 0.25) is 0 Å². The fourth-order valence-electron chi connectivity index (χ4n) is 2.29. The van der Waals surface area contributed by atoms with Gasteiger partial charge in [-0.1, -0.05) is 13.8 Å². The van der Waals surface area contributed by atoms with Gasteiger partial charge in [-0.15, -0.1) is 0 Å². The van der Waals surface area contributed by atoms with Crippen molar-refractivity contribution in [1.82, 2.24) is 5.32 Å². The largest absolute Gasteiger partial charge is 0.481 e. The highest BCUT2D eigenvalue weighted by molar-refractivity contribution is 5.82. The molecule has 1 aliphatic carbocycles. The standard InChI is InChI=1S/C11H16F3NO3/c1-10(2)6(3-4-8(16)17)5-7(10)15-9(18)11(12,13)14/h6-7H,3-5H2,1-2H3,(H,15,18)(H,16,17)/t6-,7+/m0/s1. The smallest absolute Gasteiger partial charge is 0.471 e. The summed E-state index contributed by atoms with van der Waals surface area (Å²) in [6.45, 7) is 3.48. The highest BCUT2D eigenvalue weighted by atomic mass is 19.4. The van der Waals surface area contributed by atoms with E-state index in [1.54, 1.807) is 13.8 Å². The van der Waals surface area contributed by atoms with Crippen molar-refractivity contribution in [3.8, 4) is 0 Å². The van der Waals surface area contributed by atoms with Crippen molar-refractivity contribution in [3.05, 3.63) is 0 Å². The van der Waals surface area contributed by atoms with Crippen molar-refractivity contribution >= 4 is 11.9 Å². The van der Waals surface area contributed by atoms with Crippen molar-refractivity contribution in [2.24, 2.45) is 11.3 Å². The number of carboxylic acids is 1. The van der Waals surface area contributed by atoms with E-state index in [9.17, 15) is 22.8 Å². The summed E-state index contributed by atoms with van der Waals surface area (Å²) in [6.07, 6.45) is -4.07. The lowest BCUT2D eigenvalue weighted by atomic mass is 9.57. The first-order valence-electron chi connectivity index (χ1n) is 5.64. The second-order valence-corrected chi connectivity index (χ2v) is 5.21. The zero-order valence-corrected chi connectivity index (χ0v) is 10.2. The Bertz CT molecular complexity index is 352. The lowest BCUT2D eigenvalue weighted by Gasteiger charge is -2.52. The second-order valence-electron chi connectivity index (χ2n) is 5.21. The first-order valence-corrected chi connectivity index (χ1v) is 5.64. The lowest BCUT2D eigenvalue weighted by Crippen LogP contribution is -2.60. The van der Waals surface area contributed by atoms with E-state index < -0.39 is 29.5 Å². The number of rotatable bonds is 4. The van der Waals surface area contributed by atoms with Gasteiger partial charge < -0.3 is 10.4 Å². The topological polar surface area (TPSA) is 66.4 Å². The molecule has 0 saturated heterocycles. The molecule has 0 aromatic rings. The summed E-state index contributed by atoms with van der Waals surface area (Å²) in [7, 11) is 0. The summed E-state index contributed by atoms with van der Waals surface area (Å²) in [4.78, 5) is 21.2. The van der Waals surface area contributed by atoms with Crippen LogP contribution in [-0.2, 0) is 9.59 Å². The van der Waals surface area contributed by atoms with Gasteiger partial charge in [0, 0.05) is 12.5 Å². The number of alkyl halides is 3. The number of hydrogen-bond donors (Lipinski definition) is 2. The molecule has 7 heteroatoms. The molecule has 0 radical (unpaired) electrons. The van der Waals surface area contributed by atoms with E-state index in [-0.39, 0.29) is 12.3 Å². The molecule has 0 aliphatic heterocycles. The molecular formula is C11H16F3NO3. The third-order valence-corrected chi connectivity index (χ3v) is 3.74. The zero-order chi connectivity index (χ0) is 14.1. The molecule has 0 bridgehead atoms. The van der Waals surface area contributed by atoms with Gasteiger partial charge in [0.1, 0.15) is 0 Å². The van der Waals surface area contributed by atoms with Crippen LogP contribution in [0.25, 0.3) is 0 Å². The molecule has 0 aromatic carbocycles. The van der Waals surface area contributed by atoms with Crippen LogP contribution >= 0.6 is 0 Å². The highest BCUT2D eigenvalue weighted by Crippen LogP contribution is 2.48. The Morgan fingerprint density at radius 1 is 1.39 bits per heavy atom. The normalized spacial score (nSPS) is 26.3. The van der Waals surface area contributed by atoms with Gasteiger partial charge in [0.05, 0.1) is 0 Å². The Hall–Kier alpha value is -1.27. The summed E-state index contributed by atoms with van der Waals surface area (Å²) < 4.78 is 36.2. The molecular weight excluding hydrogens is 251 g/mol. The van der Waals surface area contributed by atoms with Crippen molar-refractivity contribution in [3.63, 3.8) is 0 Å². The maximum Gasteiger partial charge on any atom is 0.471 e. The fraction of sp³-hybridized carbons (Fsp3) is 0.818. The molecule has 104 valence electrons. The minimum absolute atomic E-state index is 0.00592. The number of hydrogen-bond acceptors (Lipinski definition) is 2. The van der Waals surface area contributed by atoms with Gasteiger partial charge in [0.25, 0.3) is 0 Å². The van der Waals surface area contributed by atoms with Gasteiger partial charge >= 0.3 is 18.1 Å². The number of carbonyl (C=O) groups is 2. The third-order valence-electron chi connectivity index (χ3n) is 3.74. The summed E-state index contributed by atoms with van der Waals surface area (Å²) in [5.41, 5.74) is -0.504. The van der Waals surface area contributed by atoms with Gasteiger partial charge in [-0.25, -0.2) is 0 Å². The van der Waals surface area contributed by atoms with Crippen LogP contribution in [-0.4, -0.2) is 29.2 Å². The maximum absolute atomic E-state index is 12.1. The quantitative estimate of drug-likeness (QED) is 0.818. The van der Waals surface area contributed by atoms with E-state index in [2.05, 4.69) is 0 Å². The van der Waals surface area contributed by atoms with Crippen LogP contribution in [0.15, 0.2) is 0 Å². The summed E-state index contributed by atoms with van der Waals surface area (Å²) >= 11 is 0. The van der Waals surface area contributed by atoms with Crippen LogP contribution < -0.4 is 5.32 Å². The molecule has 2 N–H and O–H groups in total. The summed E-state index contributed by atoms with van der Waals surface area (Å²) in [6, 6.07) is -0.551. The molecule has 1 rings (SSSR count). The van der Waals surface area contributed by atoms with Crippen LogP contribution in [0.4, 0.5) is 13.2 Å². The number of carbonyl (C=O) groups excluding carboxylic acids is 1. The number of carboxylic acid groups (broad SMARTS) is 1. The molecule has 4 nitrogen and oxygen atoms in total. The summed E-state index contributed by atoms with van der Waals surface area (Å²) in [5.74, 6) is -2.84. The highest BCUT2D eigenvalue weighted by Gasteiger charge is 2.51. The van der Waals surface area contributed by atoms with Gasteiger partial charge in [0.2, 0.25) is 0 Å². The van der Waals surface area contributed by atoms with Crippen LogP contribution in [0.5, 0.6) is 0 Å². The van der Waals surface area contributed by atoms with E-state index in [1.807, 2.05) is 5.32 Å². The molecule has 0 unspecified atom stereocenters. The maximum atomic E-state index is 12.1. The molecule has 1 fully saturated rings. The fourth-order valence-corrected chi connectivity index (χ4v) is 2.29. The monoisotopic (exact) mass is 267 g/mol. The molecule has 1 amide bonds. The molecule has 1 saturated carbocycles. The lowest BCUT2D eigenvalue weighted by molar-refractivity contribution is -0.177. The first kappa shape index (κ1) is 14.8. The number of nitrogens with one attached hydrogen (secondary N) is 1. The SMILES string of the molecule is CC1(C)[C@@H](CCC(=O)O)C[C@H]1NC(=O)C(F)(F)F. The minimum atomic E-state index is -4.87. The van der Waals surface area contributed by atoms with Gasteiger partial charge in [-0.2, -0.15) is 13.2 Å². The minimum Gasteiger partial charge on any atom is -0.481 e. The molecule has 2 atom stereocenters. The van der Waals surface area contributed by atoms with E-state index in [1.165, 1.54) is 0 Å². The molecule has 0 heterocycles.